The third-order valence-corrected chi connectivity index (χ3v) is 13.3. The largest absolute Gasteiger partial charge is 0.744 e. The number of carbonyl (C=O) groups is 3. The molecule has 3 aromatic carbocycles. The number of imide groups is 1. The van der Waals surface area contributed by atoms with Crippen molar-refractivity contribution in [3.63, 3.8) is 0 Å². The lowest BCUT2D eigenvalue weighted by Gasteiger charge is -2.44. The van der Waals surface area contributed by atoms with E-state index in [0.717, 1.165) is 44.9 Å². The van der Waals surface area contributed by atoms with E-state index in [1.54, 1.807) is 13.2 Å². The second-order valence-corrected chi connectivity index (χ2v) is 19.4. The third kappa shape index (κ3) is 11.4. The molecule has 15 nitrogen and oxygen atoms in total. The number of amides is 2. The lowest BCUT2D eigenvalue weighted by molar-refractivity contribution is -0.438. The maximum Gasteiger partial charge on any atom is 0.333 e. The summed E-state index contributed by atoms with van der Waals surface area (Å²) in [4.78, 5) is 43.6. The lowest BCUT2D eigenvalue weighted by Crippen LogP contribution is -2.47. The van der Waals surface area contributed by atoms with Crippen LogP contribution in [0.25, 0.3) is 16.9 Å². The number of benzene rings is 3. The van der Waals surface area contributed by atoms with Crippen molar-refractivity contribution in [2.75, 3.05) is 71.3 Å². The fourth-order valence-electron chi connectivity index (χ4n) is 9.07. The van der Waals surface area contributed by atoms with E-state index in [1.807, 2.05) is 50.3 Å². The number of methoxy groups -OCH3 is 1. The highest BCUT2D eigenvalue weighted by Crippen LogP contribution is 2.48. The Kier molecular flexibility index (Phi) is 15.6. The predicted molar refractivity (Wildman–Crippen MR) is 252 cm³/mol. The SMILES string of the molecule is COCCOCCOCCOCCN1c2cc3c(cc2C(C)=CC1(C)C)/C(=C/C1=[N+](CCCCCC(=O)ON2C(=O)CCC2=O)c2ccc(S(=O)(=O)[O-])cc2C1(C)C)C=C(c1ccccc1)O3. The van der Waals surface area contributed by atoms with Crippen LogP contribution in [0.5, 0.6) is 5.75 Å². The summed E-state index contributed by atoms with van der Waals surface area (Å²) in [6.45, 7) is 15.1. The number of hydrogen-bond donors (Lipinski definition) is 0. The zero-order valence-corrected chi connectivity index (χ0v) is 40.1. The number of ether oxygens (including phenoxy) is 5. The summed E-state index contributed by atoms with van der Waals surface area (Å²) in [5.74, 6) is -0.364. The second kappa shape index (κ2) is 21.2. The van der Waals surface area contributed by atoms with Gasteiger partial charge in [-0.1, -0.05) is 36.4 Å². The van der Waals surface area contributed by atoms with Gasteiger partial charge in [0.15, 0.2) is 5.71 Å². The van der Waals surface area contributed by atoms with Crippen LogP contribution in [-0.4, -0.2) is 118 Å². The molecule has 0 radical (unpaired) electrons. The molecule has 7 rings (SSSR count). The van der Waals surface area contributed by atoms with Crippen LogP contribution in [0.2, 0.25) is 0 Å². The Labute approximate surface area is 393 Å². The van der Waals surface area contributed by atoms with Crippen LogP contribution in [0.3, 0.4) is 0 Å². The minimum absolute atomic E-state index is 0.0234. The molecule has 4 heterocycles. The monoisotopic (exact) mass is 939 g/mol. The van der Waals surface area contributed by atoms with Crippen molar-refractivity contribution in [3.05, 3.63) is 101 Å². The maximum atomic E-state index is 12.6. The van der Waals surface area contributed by atoms with Crippen LogP contribution in [0, 0.1) is 0 Å². The molecule has 0 atom stereocenters. The molecule has 0 aromatic heterocycles. The zero-order valence-electron chi connectivity index (χ0n) is 39.3. The van der Waals surface area contributed by atoms with Crippen LogP contribution >= 0.6 is 0 Å². The van der Waals surface area contributed by atoms with Crippen molar-refractivity contribution in [2.45, 2.75) is 89.0 Å². The van der Waals surface area contributed by atoms with Crippen molar-refractivity contribution in [1.82, 2.24) is 5.06 Å². The molecule has 67 heavy (non-hydrogen) atoms. The Morgan fingerprint density at radius 3 is 2.19 bits per heavy atom. The molecule has 0 spiro atoms. The standard InChI is InChI=1S/C51H61N3O12S/c1-35-34-50(2,3)53(21-22-62-25-26-64-28-27-63-24-23-61-6)43-33-45-40(32-39(35)43)37(29-44(65-45)36-13-9-7-10-14-36)30-46-51(4,5)41-31-38(67(58,59)60)16-17-42(41)52(46)20-12-8-11-15-49(57)66-54-47(55)18-19-48(54)56/h7,9-10,13-14,16-17,29-34H,8,11-12,15,18-28H2,1-6H3. The number of carbonyl (C=O) groups excluding carboxylic acids is 3. The number of anilines is 1. The Morgan fingerprint density at radius 2 is 1.52 bits per heavy atom. The number of hydrogen-bond acceptors (Lipinski definition) is 13. The molecule has 1 fully saturated rings. The predicted octanol–water partition coefficient (Wildman–Crippen LogP) is 7.35. The first-order valence-electron chi connectivity index (χ1n) is 22.9. The normalized spacial score (nSPS) is 17.9. The first-order valence-corrected chi connectivity index (χ1v) is 24.3. The molecule has 0 aliphatic carbocycles. The number of rotatable bonds is 22. The second-order valence-electron chi connectivity index (χ2n) is 18.1. The zero-order chi connectivity index (χ0) is 47.9. The topological polar surface area (TPSA) is 173 Å². The molecule has 3 aromatic rings. The van der Waals surface area contributed by atoms with Gasteiger partial charge in [0.2, 0.25) is 5.69 Å². The van der Waals surface area contributed by atoms with Crippen LogP contribution in [0.1, 0.15) is 95.4 Å². The molecule has 1 saturated heterocycles. The van der Waals surface area contributed by atoms with E-state index in [0.29, 0.717) is 101 Å². The molecule has 4 aliphatic heterocycles. The van der Waals surface area contributed by atoms with Gasteiger partial charge in [0.1, 0.15) is 28.2 Å². The van der Waals surface area contributed by atoms with Gasteiger partial charge in [-0.15, -0.1) is 5.06 Å². The lowest BCUT2D eigenvalue weighted by atomic mass is 9.80. The Hall–Kier alpha value is -5.49. The molecule has 0 saturated carbocycles. The summed E-state index contributed by atoms with van der Waals surface area (Å²) < 4.78 is 68.2. The summed E-state index contributed by atoms with van der Waals surface area (Å²) in [6, 6.07) is 18.7. The number of hydroxylamine groups is 2. The molecule has 4 aliphatic rings. The Balaban J connectivity index is 1.19. The number of nitrogens with zero attached hydrogens (tertiary/aromatic N) is 3. The van der Waals surface area contributed by atoms with E-state index in [4.69, 9.17) is 28.5 Å². The van der Waals surface area contributed by atoms with Crippen molar-refractivity contribution in [2.24, 2.45) is 0 Å². The molecule has 2 amide bonds. The highest BCUT2D eigenvalue weighted by molar-refractivity contribution is 7.85. The summed E-state index contributed by atoms with van der Waals surface area (Å²) in [6.07, 6.45) is 8.21. The quantitative estimate of drug-likeness (QED) is 0.0424. The minimum Gasteiger partial charge on any atom is -0.744 e. The number of unbranched alkanes of at least 4 members (excludes halogenated alkanes) is 2. The summed E-state index contributed by atoms with van der Waals surface area (Å²) in [5, 5.41) is 0.562. The van der Waals surface area contributed by atoms with Gasteiger partial charge in [0, 0.05) is 85.5 Å². The van der Waals surface area contributed by atoms with Crippen molar-refractivity contribution >= 4 is 61.9 Å². The van der Waals surface area contributed by atoms with E-state index in [1.165, 1.54) is 12.1 Å². The van der Waals surface area contributed by atoms with E-state index < -0.39 is 33.3 Å². The first kappa shape index (κ1) is 49.4. The molecule has 0 unspecified atom stereocenters. The van der Waals surface area contributed by atoms with Crippen molar-refractivity contribution in [1.29, 1.82) is 0 Å². The molecular formula is C51H61N3O12S. The summed E-state index contributed by atoms with van der Waals surface area (Å²) >= 11 is 0. The van der Waals surface area contributed by atoms with E-state index in [-0.39, 0.29) is 29.7 Å². The summed E-state index contributed by atoms with van der Waals surface area (Å²) in [7, 11) is -3.11. The van der Waals surface area contributed by atoms with E-state index in [9.17, 15) is 27.4 Å². The average Bonchev–Trinajstić information content (AvgIpc) is 3.71. The van der Waals surface area contributed by atoms with E-state index >= 15 is 0 Å². The molecule has 0 bridgehead atoms. The van der Waals surface area contributed by atoms with Gasteiger partial charge in [-0.3, -0.25) is 9.59 Å². The van der Waals surface area contributed by atoms with Gasteiger partial charge in [0.25, 0.3) is 11.8 Å². The highest BCUT2D eigenvalue weighted by Gasteiger charge is 2.45. The fourth-order valence-corrected chi connectivity index (χ4v) is 9.57. The van der Waals surface area contributed by atoms with Crippen LogP contribution in [0.4, 0.5) is 11.4 Å². The average molecular weight is 940 g/mol. The smallest absolute Gasteiger partial charge is 0.333 e. The number of allylic oxidation sites excluding steroid dienone is 4. The molecule has 358 valence electrons. The minimum atomic E-state index is -4.74. The molecule has 16 heteroatoms. The van der Waals surface area contributed by atoms with Crippen molar-refractivity contribution < 1.29 is 60.5 Å². The maximum absolute atomic E-state index is 12.6. The van der Waals surface area contributed by atoms with E-state index in [2.05, 4.69) is 54.5 Å². The van der Waals surface area contributed by atoms with Gasteiger partial charge in [-0.05, 0) is 82.9 Å². The first-order chi connectivity index (χ1) is 32.0. The Bertz CT molecular complexity index is 2580. The number of fused-ring (bicyclic) bond motifs is 3. The van der Waals surface area contributed by atoms with Crippen LogP contribution in [0.15, 0.2) is 83.8 Å². The van der Waals surface area contributed by atoms with Crippen LogP contribution in [-0.2, 0) is 53.7 Å². The Morgan fingerprint density at radius 1 is 0.851 bits per heavy atom. The summed E-state index contributed by atoms with van der Waals surface area (Å²) in [5.41, 5.74) is 7.10. The molecular weight excluding hydrogens is 879 g/mol. The van der Waals surface area contributed by atoms with Gasteiger partial charge in [0.05, 0.1) is 62.1 Å². The molecule has 0 N–H and O–H groups in total. The van der Waals surface area contributed by atoms with Crippen LogP contribution < -0.4 is 9.64 Å². The third-order valence-electron chi connectivity index (χ3n) is 12.5. The highest BCUT2D eigenvalue weighted by atomic mass is 32.2. The van der Waals surface area contributed by atoms with Gasteiger partial charge in [-0.2, -0.15) is 4.58 Å². The van der Waals surface area contributed by atoms with Gasteiger partial charge >= 0.3 is 5.97 Å². The van der Waals surface area contributed by atoms with Gasteiger partial charge < -0.3 is 38.0 Å². The van der Waals surface area contributed by atoms with Gasteiger partial charge in [-0.25, -0.2) is 13.2 Å². The fraction of sp³-hybridized carbons (Fsp3) is 0.451. The van der Waals surface area contributed by atoms with Crippen molar-refractivity contribution in [3.8, 4) is 5.75 Å².